The molecule has 2 aromatic carbocycles. The molecule has 0 N–H and O–H groups in total. The fraction of sp³-hybridized carbons (Fsp3) is 0.158. The molecule has 1 heterocycles. The van der Waals surface area contributed by atoms with Crippen LogP contribution in [0.25, 0.3) is 10.9 Å². The third-order valence-electron chi connectivity index (χ3n) is 3.96. The van der Waals surface area contributed by atoms with Crippen molar-refractivity contribution in [2.75, 3.05) is 7.11 Å². The van der Waals surface area contributed by atoms with Gasteiger partial charge in [-0.05, 0) is 18.2 Å². The summed E-state index contributed by atoms with van der Waals surface area (Å²) in [5.41, 5.74) is 1.38. The Bertz CT molecular complexity index is 1020. The van der Waals surface area contributed by atoms with Crippen molar-refractivity contribution in [2.24, 2.45) is 0 Å². The highest BCUT2D eigenvalue weighted by Gasteiger charge is 2.17. The first kappa shape index (κ1) is 18.6. The van der Waals surface area contributed by atoms with Gasteiger partial charge >= 0.3 is 5.97 Å². The van der Waals surface area contributed by atoms with Crippen molar-refractivity contribution in [3.8, 4) is 5.75 Å². The van der Waals surface area contributed by atoms with Crippen LogP contribution in [-0.4, -0.2) is 23.0 Å². The van der Waals surface area contributed by atoms with Crippen LogP contribution in [0.3, 0.4) is 0 Å². The summed E-state index contributed by atoms with van der Waals surface area (Å²) in [4.78, 5) is 26.9. The van der Waals surface area contributed by atoms with Gasteiger partial charge in [-0.3, -0.25) is 14.9 Å². The minimum atomic E-state index is -0.588. The second kappa shape index (κ2) is 8.01. The van der Waals surface area contributed by atoms with Gasteiger partial charge in [0.15, 0.2) is 0 Å². The zero-order valence-corrected chi connectivity index (χ0v) is 15.1. The lowest BCUT2D eigenvalue weighted by molar-refractivity contribution is -0.385. The number of para-hydroxylation sites is 1. The van der Waals surface area contributed by atoms with Gasteiger partial charge in [-0.25, -0.2) is 4.98 Å². The number of fused-ring (bicyclic) bond motifs is 1. The van der Waals surface area contributed by atoms with Crippen LogP contribution in [0.1, 0.15) is 11.1 Å². The molecule has 27 heavy (non-hydrogen) atoms. The largest absolute Gasteiger partial charge is 0.497 e. The van der Waals surface area contributed by atoms with Gasteiger partial charge in [0, 0.05) is 28.6 Å². The molecule has 0 spiro atoms. The van der Waals surface area contributed by atoms with E-state index in [0.29, 0.717) is 22.4 Å². The topological polar surface area (TPSA) is 91.6 Å². The lowest BCUT2D eigenvalue weighted by atomic mass is 10.1. The van der Waals surface area contributed by atoms with E-state index in [-0.39, 0.29) is 23.9 Å². The average Bonchev–Trinajstić information content (AvgIpc) is 2.66. The SMILES string of the molecule is COc1ccc2cc(COC(=O)Cc3ccccc3[N+](=O)[O-])c(Cl)nc2c1. The number of nitro benzene ring substituents is 1. The summed E-state index contributed by atoms with van der Waals surface area (Å²) in [7, 11) is 1.56. The summed E-state index contributed by atoms with van der Waals surface area (Å²) in [5, 5.41) is 12.1. The Morgan fingerprint density at radius 3 is 2.70 bits per heavy atom. The number of nitro groups is 1. The average molecular weight is 387 g/mol. The molecule has 8 heteroatoms. The number of methoxy groups -OCH3 is 1. The summed E-state index contributed by atoms with van der Waals surface area (Å²) < 4.78 is 10.4. The minimum absolute atomic E-state index is 0.0761. The van der Waals surface area contributed by atoms with E-state index in [0.717, 1.165) is 5.39 Å². The molecular weight excluding hydrogens is 372 g/mol. The molecule has 1 aromatic heterocycles. The van der Waals surface area contributed by atoms with Crippen LogP contribution in [0.15, 0.2) is 48.5 Å². The van der Waals surface area contributed by atoms with E-state index in [9.17, 15) is 14.9 Å². The number of carbonyl (C=O) groups excluding carboxylic acids is 1. The molecule has 0 fully saturated rings. The van der Waals surface area contributed by atoms with Crippen molar-refractivity contribution < 1.29 is 19.2 Å². The smallest absolute Gasteiger partial charge is 0.310 e. The molecule has 3 rings (SSSR count). The van der Waals surface area contributed by atoms with Crippen molar-refractivity contribution in [1.29, 1.82) is 0 Å². The Labute approximate surface area is 159 Å². The van der Waals surface area contributed by atoms with E-state index >= 15 is 0 Å². The van der Waals surface area contributed by atoms with E-state index < -0.39 is 10.9 Å². The summed E-state index contributed by atoms with van der Waals surface area (Å²) in [6.07, 6.45) is -0.201. The van der Waals surface area contributed by atoms with Crippen molar-refractivity contribution in [1.82, 2.24) is 4.98 Å². The van der Waals surface area contributed by atoms with Crippen molar-refractivity contribution in [3.63, 3.8) is 0 Å². The number of benzene rings is 2. The van der Waals surface area contributed by atoms with E-state index in [1.54, 1.807) is 37.4 Å². The van der Waals surface area contributed by atoms with Gasteiger partial charge in [-0.2, -0.15) is 0 Å². The van der Waals surface area contributed by atoms with Gasteiger partial charge in [0.2, 0.25) is 0 Å². The molecule has 0 unspecified atom stereocenters. The zero-order valence-electron chi connectivity index (χ0n) is 14.3. The number of hydrogen-bond donors (Lipinski definition) is 0. The predicted octanol–water partition coefficient (Wildman–Crippen LogP) is 4.09. The van der Waals surface area contributed by atoms with Crippen LogP contribution in [0, 0.1) is 10.1 Å². The van der Waals surface area contributed by atoms with E-state index in [2.05, 4.69) is 4.98 Å². The molecule has 0 aliphatic heterocycles. The number of ether oxygens (including phenoxy) is 2. The van der Waals surface area contributed by atoms with Crippen molar-refractivity contribution in [3.05, 3.63) is 74.9 Å². The van der Waals surface area contributed by atoms with Gasteiger partial charge < -0.3 is 9.47 Å². The van der Waals surface area contributed by atoms with Gasteiger partial charge in [0.05, 0.1) is 24.0 Å². The molecule has 0 atom stereocenters. The lowest BCUT2D eigenvalue weighted by Gasteiger charge is -2.09. The summed E-state index contributed by atoms with van der Waals surface area (Å²) >= 11 is 6.18. The highest BCUT2D eigenvalue weighted by Crippen LogP contribution is 2.25. The first-order chi connectivity index (χ1) is 13.0. The minimum Gasteiger partial charge on any atom is -0.497 e. The highest BCUT2D eigenvalue weighted by atomic mass is 35.5. The molecule has 0 bridgehead atoms. The standard InChI is InChI=1S/C19H15ClN2O5/c1-26-15-7-6-12-8-14(19(20)21-16(12)10-15)11-27-18(23)9-13-4-2-3-5-17(13)22(24)25/h2-8,10H,9,11H2,1H3. The molecule has 0 radical (unpaired) electrons. The third-order valence-corrected chi connectivity index (χ3v) is 4.29. The molecular formula is C19H15ClN2O5. The Balaban J connectivity index is 1.72. The number of hydrogen-bond acceptors (Lipinski definition) is 6. The van der Waals surface area contributed by atoms with E-state index in [1.807, 2.05) is 6.07 Å². The molecule has 0 saturated heterocycles. The lowest BCUT2D eigenvalue weighted by Crippen LogP contribution is -2.10. The fourth-order valence-electron chi connectivity index (χ4n) is 2.60. The molecule has 0 saturated carbocycles. The van der Waals surface area contributed by atoms with Crippen LogP contribution in [0.5, 0.6) is 5.75 Å². The van der Waals surface area contributed by atoms with Crippen molar-refractivity contribution in [2.45, 2.75) is 13.0 Å². The first-order valence-electron chi connectivity index (χ1n) is 7.99. The van der Waals surface area contributed by atoms with Crippen LogP contribution in [0.2, 0.25) is 5.15 Å². The molecule has 3 aromatic rings. The van der Waals surface area contributed by atoms with Gasteiger partial charge in [-0.15, -0.1) is 0 Å². The number of pyridine rings is 1. The molecule has 0 amide bonds. The maximum atomic E-state index is 12.1. The van der Waals surface area contributed by atoms with Crippen LogP contribution in [-0.2, 0) is 22.6 Å². The molecule has 0 aliphatic carbocycles. The quantitative estimate of drug-likeness (QED) is 0.274. The maximum absolute atomic E-state index is 12.1. The number of aromatic nitrogens is 1. The highest BCUT2D eigenvalue weighted by molar-refractivity contribution is 6.30. The van der Waals surface area contributed by atoms with Gasteiger partial charge in [0.25, 0.3) is 5.69 Å². The number of carbonyl (C=O) groups is 1. The second-order valence-corrected chi connectivity index (χ2v) is 6.08. The number of nitrogens with zero attached hydrogens (tertiary/aromatic N) is 2. The first-order valence-corrected chi connectivity index (χ1v) is 8.37. The number of esters is 1. The summed E-state index contributed by atoms with van der Waals surface area (Å²) in [6, 6.07) is 13.2. The Kier molecular flexibility index (Phi) is 5.52. The van der Waals surface area contributed by atoms with Crippen molar-refractivity contribution >= 4 is 34.2 Å². The summed E-state index contributed by atoms with van der Waals surface area (Å²) in [5.74, 6) is 0.0740. The number of rotatable bonds is 6. The normalized spacial score (nSPS) is 10.6. The molecule has 7 nitrogen and oxygen atoms in total. The van der Waals surface area contributed by atoms with Crippen LogP contribution >= 0.6 is 11.6 Å². The zero-order chi connectivity index (χ0) is 19.4. The Morgan fingerprint density at radius 2 is 1.96 bits per heavy atom. The van der Waals surface area contributed by atoms with E-state index in [1.165, 1.54) is 12.1 Å². The number of halogens is 1. The Hall–Kier alpha value is -3.19. The fourth-order valence-corrected chi connectivity index (χ4v) is 2.80. The Morgan fingerprint density at radius 1 is 1.19 bits per heavy atom. The van der Waals surface area contributed by atoms with Gasteiger partial charge in [0.1, 0.15) is 17.5 Å². The monoisotopic (exact) mass is 386 g/mol. The molecule has 0 aliphatic rings. The maximum Gasteiger partial charge on any atom is 0.310 e. The van der Waals surface area contributed by atoms with Gasteiger partial charge in [-0.1, -0.05) is 29.8 Å². The predicted molar refractivity (Wildman–Crippen MR) is 99.9 cm³/mol. The third kappa shape index (κ3) is 4.32. The molecule has 138 valence electrons. The second-order valence-electron chi connectivity index (χ2n) is 5.72. The van der Waals surface area contributed by atoms with E-state index in [4.69, 9.17) is 21.1 Å². The summed E-state index contributed by atoms with van der Waals surface area (Å²) in [6.45, 7) is -0.0761. The van der Waals surface area contributed by atoms with Crippen LogP contribution < -0.4 is 4.74 Å². The van der Waals surface area contributed by atoms with Crippen LogP contribution in [0.4, 0.5) is 5.69 Å².